The quantitative estimate of drug-likeness (QED) is 0.195. The van der Waals surface area contributed by atoms with Crippen LogP contribution in [0.15, 0.2) is 71.8 Å². The molecule has 4 aromatic rings. The molecule has 254 valence electrons. The van der Waals surface area contributed by atoms with Crippen molar-refractivity contribution >= 4 is 44.6 Å². The van der Waals surface area contributed by atoms with Crippen molar-refractivity contribution in [2.24, 2.45) is 0 Å². The minimum atomic E-state index is -4.10. The van der Waals surface area contributed by atoms with Crippen molar-refractivity contribution < 1.29 is 32.3 Å². The zero-order chi connectivity index (χ0) is 34.4. The maximum absolute atomic E-state index is 13.3. The lowest BCUT2D eigenvalue weighted by Crippen LogP contribution is -2.33. The molecule has 0 unspecified atom stereocenters. The standard InChI is InChI=1S/C35H41N5O7S/c1-23-9-5-8-12-32(23)48(44,45)38-33(41)25-14-13-24(31(20-25)46-4)19-26-22-40(34(42)36-17-18-39(2)3)30-16-15-27(21-29(26)30)37-35(43)47-28-10-6-7-11-28/h5,8-9,12-16,20-22,28H,6-7,10-11,17-19H2,1-4H3,(H,36,42)(H,37,43)(H,38,41). The third-order valence-corrected chi connectivity index (χ3v) is 9.79. The first kappa shape index (κ1) is 34.5. The fourth-order valence-corrected chi connectivity index (χ4v) is 7.01. The summed E-state index contributed by atoms with van der Waals surface area (Å²) in [6.45, 7) is 2.77. The van der Waals surface area contributed by atoms with Gasteiger partial charge in [0.05, 0.1) is 17.5 Å². The number of carbonyl (C=O) groups excluding carboxylic acids is 3. The van der Waals surface area contributed by atoms with Gasteiger partial charge in [-0.2, -0.15) is 0 Å². The lowest BCUT2D eigenvalue weighted by molar-refractivity contribution is 0.0980. The largest absolute Gasteiger partial charge is 0.496 e. The monoisotopic (exact) mass is 675 g/mol. The van der Waals surface area contributed by atoms with Crippen molar-refractivity contribution in [3.8, 4) is 5.75 Å². The van der Waals surface area contributed by atoms with Crippen LogP contribution >= 0.6 is 0 Å². The summed E-state index contributed by atoms with van der Waals surface area (Å²) in [5, 5.41) is 6.48. The number of anilines is 1. The van der Waals surface area contributed by atoms with Gasteiger partial charge in [0.25, 0.3) is 15.9 Å². The van der Waals surface area contributed by atoms with Gasteiger partial charge >= 0.3 is 12.1 Å². The number of methoxy groups -OCH3 is 1. The first-order valence-electron chi connectivity index (χ1n) is 15.8. The molecule has 1 aromatic heterocycles. The highest BCUT2D eigenvalue weighted by atomic mass is 32.2. The van der Waals surface area contributed by atoms with E-state index in [-0.39, 0.29) is 22.6 Å². The van der Waals surface area contributed by atoms with Gasteiger partial charge in [-0.25, -0.2) is 22.7 Å². The molecule has 0 bridgehead atoms. The second kappa shape index (κ2) is 14.9. The van der Waals surface area contributed by atoms with Crippen molar-refractivity contribution in [1.29, 1.82) is 0 Å². The Kier molecular flexibility index (Phi) is 10.7. The zero-order valence-electron chi connectivity index (χ0n) is 27.5. The Labute approximate surface area is 280 Å². The lowest BCUT2D eigenvalue weighted by atomic mass is 10.0. The number of nitrogens with one attached hydrogen (secondary N) is 3. The van der Waals surface area contributed by atoms with Gasteiger partial charge in [-0.15, -0.1) is 0 Å². The molecule has 1 heterocycles. The highest BCUT2D eigenvalue weighted by molar-refractivity contribution is 7.90. The van der Waals surface area contributed by atoms with Crippen molar-refractivity contribution in [2.75, 3.05) is 39.6 Å². The average molecular weight is 676 g/mol. The molecule has 0 atom stereocenters. The van der Waals surface area contributed by atoms with Crippen LogP contribution in [-0.2, 0) is 21.2 Å². The molecular formula is C35H41N5O7S. The number of nitrogens with zero attached hydrogens (tertiary/aromatic N) is 2. The van der Waals surface area contributed by atoms with E-state index in [4.69, 9.17) is 9.47 Å². The van der Waals surface area contributed by atoms with Crippen LogP contribution < -0.4 is 20.1 Å². The third kappa shape index (κ3) is 8.15. The Hall–Kier alpha value is -4.88. The first-order valence-corrected chi connectivity index (χ1v) is 17.3. The molecule has 0 radical (unpaired) electrons. The van der Waals surface area contributed by atoms with E-state index in [1.165, 1.54) is 29.9 Å². The number of likely N-dealkylation sites (N-methyl/N-ethyl adjacent to an activating group) is 1. The van der Waals surface area contributed by atoms with E-state index < -0.39 is 22.0 Å². The molecular weight excluding hydrogens is 634 g/mol. The van der Waals surface area contributed by atoms with E-state index in [0.717, 1.165) is 36.6 Å². The second-order valence-corrected chi connectivity index (χ2v) is 13.8. The Morgan fingerprint density at radius 1 is 0.979 bits per heavy atom. The van der Waals surface area contributed by atoms with Gasteiger partial charge in [0.2, 0.25) is 0 Å². The Morgan fingerprint density at radius 2 is 1.73 bits per heavy atom. The molecule has 1 aliphatic carbocycles. The first-order chi connectivity index (χ1) is 22.9. The number of hydrogen-bond acceptors (Lipinski definition) is 8. The van der Waals surface area contributed by atoms with Crippen LogP contribution in [0.2, 0.25) is 0 Å². The number of carbonyl (C=O) groups is 3. The van der Waals surface area contributed by atoms with E-state index in [9.17, 15) is 22.8 Å². The summed E-state index contributed by atoms with van der Waals surface area (Å²) in [5.41, 5.74) is 3.23. The van der Waals surface area contributed by atoms with Crippen LogP contribution in [0.25, 0.3) is 10.9 Å². The lowest BCUT2D eigenvalue weighted by Gasteiger charge is -2.13. The van der Waals surface area contributed by atoms with Gasteiger partial charge in [0.1, 0.15) is 11.9 Å². The van der Waals surface area contributed by atoms with Crippen LogP contribution in [0.5, 0.6) is 5.75 Å². The number of ether oxygens (including phenoxy) is 2. The predicted molar refractivity (Wildman–Crippen MR) is 183 cm³/mol. The number of rotatable bonds is 11. The van der Waals surface area contributed by atoms with E-state index in [1.807, 2.05) is 19.0 Å². The topological polar surface area (TPSA) is 148 Å². The highest BCUT2D eigenvalue weighted by Gasteiger charge is 2.23. The van der Waals surface area contributed by atoms with Gasteiger partial charge < -0.3 is 19.7 Å². The summed E-state index contributed by atoms with van der Waals surface area (Å²) in [6.07, 6.45) is 5.22. The molecule has 1 aliphatic rings. The summed E-state index contributed by atoms with van der Waals surface area (Å²) in [7, 11) is 1.21. The van der Waals surface area contributed by atoms with Crippen LogP contribution in [0.1, 0.15) is 52.7 Å². The van der Waals surface area contributed by atoms with Crippen molar-refractivity contribution in [1.82, 2.24) is 19.5 Å². The van der Waals surface area contributed by atoms with Gasteiger partial charge in [-0.1, -0.05) is 24.3 Å². The normalized spacial score (nSPS) is 13.4. The second-order valence-electron chi connectivity index (χ2n) is 12.1. The summed E-state index contributed by atoms with van der Waals surface area (Å²) >= 11 is 0. The molecule has 0 spiro atoms. The van der Waals surface area contributed by atoms with E-state index in [2.05, 4.69) is 15.4 Å². The van der Waals surface area contributed by atoms with Crippen LogP contribution in [0.3, 0.4) is 0 Å². The Balaban J connectivity index is 1.42. The fourth-order valence-electron chi connectivity index (χ4n) is 5.79. The van der Waals surface area contributed by atoms with Crippen molar-refractivity contribution in [3.63, 3.8) is 0 Å². The molecule has 1 fully saturated rings. The summed E-state index contributed by atoms with van der Waals surface area (Å²) in [5.74, 6) is -0.434. The summed E-state index contributed by atoms with van der Waals surface area (Å²) in [6, 6.07) is 16.1. The molecule has 0 aliphatic heterocycles. The van der Waals surface area contributed by atoms with E-state index in [1.54, 1.807) is 55.6 Å². The number of fused-ring (bicyclic) bond motifs is 1. The molecule has 48 heavy (non-hydrogen) atoms. The summed E-state index contributed by atoms with van der Waals surface area (Å²) < 4.78 is 40.7. The third-order valence-electron chi connectivity index (χ3n) is 8.30. The fraction of sp³-hybridized carbons (Fsp3) is 0.343. The molecule has 0 saturated heterocycles. The van der Waals surface area contributed by atoms with Crippen LogP contribution in [-0.4, -0.2) is 76.3 Å². The smallest absolute Gasteiger partial charge is 0.411 e. The number of hydrogen-bond donors (Lipinski definition) is 3. The minimum absolute atomic E-state index is 0.0183. The SMILES string of the molecule is COc1cc(C(=O)NS(=O)(=O)c2ccccc2C)ccc1Cc1cn(C(=O)NCCN(C)C)c2ccc(NC(=O)OC3CCCC3)cc12. The average Bonchev–Trinajstić information content (AvgIpc) is 3.68. The molecule has 3 N–H and O–H groups in total. The molecule has 5 rings (SSSR count). The van der Waals surface area contributed by atoms with Crippen molar-refractivity contribution in [3.05, 3.63) is 89.1 Å². The van der Waals surface area contributed by atoms with Gasteiger partial charge in [-0.3, -0.25) is 14.7 Å². The number of benzene rings is 3. The number of sulfonamides is 1. The maximum Gasteiger partial charge on any atom is 0.411 e. The highest BCUT2D eigenvalue weighted by Crippen LogP contribution is 2.31. The molecule has 1 saturated carbocycles. The van der Waals surface area contributed by atoms with E-state index in [0.29, 0.717) is 47.6 Å². The predicted octanol–water partition coefficient (Wildman–Crippen LogP) is 5.28. The number of aryl methyl sites for hydroxylation is 1. The molecule has 13 heteroatoms. The van der Waals surface area contributed by atoms with Gasteiger partial charge in [-0.05, 0) is 99.8 Å². The molecule has 12 nitrogen and oxygen atoms in total. The maximum atomic E-state index is 13.3. The Morgan fingerprint density at radius 3 is 2.44 bits per heavy atom. The van der Waals surface area contributed by atoms with Crippen LogP contribution in [0.4, 0.5) is 15.3 Å². The number of aromatic nitrogens is 1. The van der Waals surface area contributed by atoms with Crippen LogP contribution in [0, 0.1) is 6.92 Å². The molecule has 3 aromatic carbocycles. The van der Waals surface area contributed by atoms with Gasteiger partial charge in [0.15, 0.2) is 0 Å². The Bertz CT molecular complexity index is 1930. The molecule has 3 amide bonds. The van der Waals surface area contributed by atoms with E-state index >= 15 is 0 Å². The minimum Gasteiger partial charge on any atom is -0.496 e. The van der Waals surface area contributed by atoms with Gasteiger partial charge in [0, 0.05) is 42.3 Å². The van der Waals surface area contributed by atoms with Crippen molar-refractivity contribution in [2.45, 2.75) is 50.0 Å². The number of amides is 3. The zero-order valence-corrected chi connectivity index (χ0v) is 28.4. The summed E-state index contributed by atoms with van der Waals surface area (Å²) in [4.78, 5) is 40.9.